The summed E-state index contributed by atoms with van der Waals surface area (Å²) in [5.74, 6) is 1.89. The van der Waals surface area contributed by atoms with E-state index in [4.69, 9.17) is 30.2 Å². The first kappa shape index (κ1) is 19.6. The normalized spacial score (nSPS) is 10.9. The molecule has 0 aliphatic rings. The maximum absolute atomic E-state index is 12.8. The molecular weight excluding hydrogens is 380 g/mol. The van der Waals surface area contributed by atoms with Gasteiger partial charge in [0.2, 0.25) is 5.75 Å². The zero-order valence-electron chi connectivity index (χ0n) is 15.7. The summed E-state index contributed by atoms with van der Waals surface area (Å²) in [7, 11) is 4.62. The summed E-state index contributed by atoms with van der Waals surface area (Å²) in [6.45, 7) is 0. The van der Waals surface area contributed by atoms with Gasteiger partial charge in [-0.2, -0.15) is 0 Å². The predicted octanol–water partition coefficient (Wildman–Crippen LogP) is 5.52. The van der Waals surface area contributed by atoms with Crippen molar-refractivity contribution in [2.75, 3.05) is 21.3 Å². The summed E-state index contributed by atoms with van der Waals surface area (Å²) in [6.07, 6.45) is 3.18. The van der Waals surface area contributed by atoms with E-state index in [1.165, 1.54) is 13.2 Å². The molecule has 3 aromatic rings. The number of furan rings is 1. The molecule has 0 N–H and O–H groups in total. The Kier molecular flexibility index (Phi) is 6.06. The molecule has 0 atom stereocenters. The van der Waals surface area contributed by atoms with Gasteiger partial charge in [-0.05, 0) is 47.5 Å². The standard InChI is InChI=1S/C22H19ClO5/c1-25-19-12-14(13-20(26-2)22(19)27-3)8-9-17(24)15-6-4-5-7-16(15)18-10-11-21(23)28-18/h4-13H,1-3H3. The molecule has 1 heterocycles. The lowest BCUT2D eigenvalue weighted by Crippen LogP contribution is -1.98. The minimum absolute atomic E-state index is 0.170. The van der Waals surface area contributed by atoms with Crippen LogP contribution < -0.4 is 14.2 Å². The van der Waals surface area contributed by atoms with E-state index in [0.717, 1.165) is 5.56 Å². The maximum Gasteiger partial charge on any atom is 0.203 e. The molecule has 0 saturated carbocycles. The second-order valence-corrected chi connectivity index (χ2v) is 6.18. The van der Waals surface area contributed by atoms with E-state index in [0.29, 0.717) is 34.1 Å². The van der Waals surface area contributed by atoms with Crippen molar-refractivity contribution in [3.05, 3.63) is 71.0 Å². The Morgan fingerprint density at radius 2 is 1.64 bits per heavy atom. The number of methoxy groups -OCH3 is 3. The topological polar surface area (TPSA) is 57.9 Å². The summed E-state index contributed by atoms with van der Waals surface area (Å²) in [4.78, 5) is 12.8. The smallest absolute Gasteiger partial charge is 0.203 e. The third kappa shape index (κ3) is 4.05. The molecule has 0 fully saturated rings. The quantitative estimate of drug-likeness (QED) is 0.387. The zero-order chi connectivity index (χ0) is 20.1. The highest BCUT2D eigenvalue weighted by molar-refractivity contribution is 6.29. The largest absolute Gasteiger partial charge is 0.493 e. The van der Waals surface area contributed by atoms with Gasteiger partial charge < -0.3 is 18.6 Å². The van der Waals surface area contributed by atoms with Gasteiger partial charge in [0, 0.05) is 11.1 Å². The number of ether oxygens (including phenoxy) is 3. The van der Waals surface area contributed by atoms with Crippen LogP contribution in [0.5, 0.6) is 17.2 Å². The van der Waals surface area contributed by atoms with Crippen LogP contribution in [0.4, 0.5) is 0 Å². The highest BCUT2D eigenvalue weighted by atomic mass is 35.5. The number of carbonyl (C=O) groups excluding carboxylic acids is 1. The number of halogens is 1. The van der Waals surface area contributed by atoms with Gasteiger partial charge in [0.1, 0.15) is 5.76 Å². The lowest BCUT2D eigenvalue weighted by atomic mass is 10.0. The molecule has 144 valence electrons. The second kappa shape index (κ2) is 8.67. The first-order valence-electron chi connectivity index (χ1n) is 8.44. The summed E-state index contributed by atoms with van der Waals surface area (Å²) in [5.41, 5.74) is 1.92. The van der Waals surface area contributed by atoms with Crippen molar-refractivity contribution < 1.29 is 23.4 Å². The number of allylic oxidation sites excluding steroid dienone is 1. The number of hydrogen-bond donors (Lipinski definition) is 0. The third-order valence-electron chi connectivity index (χ3n) is 4.15. The molecule has 0 radical (unpaired) electrons. The van der Waals surface area contributed by atoms with Crippen molar-refractivity contribution in [3.8, 4) is 28.6 Å². The highest BCUT2D eigenvalue weighted by Gasteiger charge is 2.14. The van der Waals surface area contributed by atoms with Crippen molar-refractivity contribution in [2.45, 2.75) is 0 Å². The summed E-state index contributed by atoms with van der Waals surface area (Å²) >= 11 is 5.87. The van der Waals surface area contributed by atoms with Gasteiger partial charge in [-0.25, -0.2) is 0 Å². The van der Waals surface area contributed by atoms with E-state index in [1.807, 2.05) is 12.1 Å². The van der Waals surface area contributed by atoms with Crippen molar-refractivity contribution in [2.24, 2.45) is 0 Å². The molecular formula is C22H19ClO5. The molecule has 0 amide bonds. The van der Waals surface area contributed by atoms with E-state index in [-0.39, 0.29) is 11.0 Å². The highest BCUT2D eigenvalue weighted by Crippen LogP contribution is 2.38. The van der Waals surface area contributed by atoms with Crippen molar-refractivity contribution >= 4 is 23.5 Å². The number of benzene rings is 2. The predicted molar refractivity (Wildman–Crippen MR) is 109 cm³/mol. The van der Waals surface area contributed by atoms with Crippen LogP contribution in [0.1, 0.15) is 15.9 Å². The first-order valence-corrected chi connectivity index (χ1v) is 8.82. The average molecular weight is 399 g/mol. The lowest BCUT2D eigenvalue weighted by Gasteiger charge is -2.12. The molecule has 0 spiro atoms. The molecule has 5 nitrogen and oxygen atoms in total. The SMILES string of the molecule is COc1cc(C=CC(=O)c2ccccc2-c2ccc(Cl)o2)cc(OC)c1OC. The van der Waals surface area contributed by atoms with Crippen LogP contribution in [0.25, 0.3) is 17.4 Å². The van der Waals surface area contributed by atoms with Crippen LogP contribution in [-0.4, -0.2) is 27.1 Å². The Morgan fingerprint density at radius 1 is 0.964 bits per heavy atom. The van der Waals surface area contributed by atoms with Gasteiger partial charge in [0.25, 0.3) is 0 Å². The minimum atomic E-state index is -0.170. The summed E-state index contributed by atoms with van der Waals surface area (Å²) in [5, 5.41) is 0.269. The molecule has 2 aromatic carbocycles. The fourth-order valence-corrected chi connectivity index (χ4v) is 2.98. The van der Waals surface area contributed by atoms with E-state index in [2.05, 4.69) is 0 Å². The van der Waals surface area contributed by atoms with Crippen molar-refractivity contribution in [1.29, 1.82) is 0 Å². The average Bonchev–Trinajstić information content (AvgIpc) is 3.17. The van der Waals surface area contributed by atoms with Gasteiger partial charge in [-0.15, -0.1) is 0 Å². The zero-order valence-corrected chi connectivity index (χ0v) is 16.4. The van der Waals surface area contributed by atoms with Crippen LogP contribution in [0.15, 0.2) is 59.0 Å². The minimum Gasteiger partial charge on any atom is -0.493 e. The number of carbonyl (C=O) groups is 1. The molecule has 6 heteroatoms. The molecule has 3 rings (SSSR count). The lowest BCUT2D eigenvalue weighted by molar-refractivity contribution is 0.104. The molecule has 0 unspecified atom stereocenters. The Labute approximate surface area is 168 Å². The van der Waals surface area contributed by atoms with Crippen molar-refractivity contribution in [3.63, 3.8) is 0 Å². The van der Waals surface area contributed by atoms with E-state index in [1.54, 1.807) is 56.7 Å². The Hall–Kier alpha value is -3.18. The van der Waals surface area contributed by atoms with Gasteiger partial charge in [-0.1, -0.05) is 30.3 Å². The molecule has 28 heavy (non-hydrogen) atoms. The van der Waals surface area contributed by atoms with Crippen molar-refractivity contribution in [1.82, 2.24) is 0 Å². The third-order valence-corrected chi connectivity index (χ3v) is 4.35. The first-order chi connectivity index (χ1) is 13.6. The second-order valence-electron chi connectivity index (χ2n) is 5.81. The monoisotopic (exact) mass is 398 g/mol. The van der Waals surface area contributed by atoms with Crippen LogP contribution in [0, 0.1) is 0 Å². The Balaban J connectivity index is 1.93. The van der Waals surface area contributed by atoms with E-state index in [9.17, 15) is 4.79 Å². The number of ketones is 1. The van der Waals surface area contributed by atoms with Gasteiger partial charge >= 0.3 is 0 Å². The van der Waals surface area contributed by atoms with E-state index >= 15 is 0 Å². The maximum atomic E-state index is 12.8. The Bertz CT molecular complexity index is 994. The van der Waals surface area contributed by atoms with Crippen LogP contribution in [0.3, 0.4) is 0 Å². The fraction of sp³-hybridized carbons (Fsp3) is 0.136. The Morgan fingerprint density at radius 3 is 2.21 bits per heavy atom. The summed E-state index contributed by atoms with van der Waals surface area (Å²) in [6, 6.07) is 14.1. The van der Waals surface area contributed by atoms with Crippen LogP contribution in [0.2, 0.25) is 5.22 Å². The number of hydrogen-bond acceptors (Lipinski definition) is 5. The van der Waals surface area contributed by atoms with Crippen LogP contribution >= 0.6 is 11.6 Å². The molecule has 1 aromatic heterocycles. The van der Waals surface area contributed by atoms with Gasteiger partial charge in [0.15, 0.2) is 22.5 Å². The summed E-state index contributed by atoms with van der Waals surface area (Å²) < 4.78 is 21.4. The number of rotatable bonds is 7. The molecule has 0 aliphatic carbocycles. The van der Waals surface area contributed by atoms with E-state index < -0.39 is 0 Å². The fourth-order valence-electron chi connectivity index (χ4n) is 2.83. The molecule has 0 saturated heterocycles. The molecule has 0 aliphatic heterocycles. The molecule has 0 bridgehead atoms. The van der Waals surface area contributed by atoms with Gasteiger partial charge in [0.05, 0.1) is 21.3 Å². The van der Waals surface area contributed by atoms with Gasteiger partial charge in [-0.3, -0.25) is 4.79 Å². The van der Waals surface area contributed by atoms with Crippen LogP contribution in [-0.2, 0) is 0 Å².